The van der Waals surface area contributed by atoms with E-state index in [1.165, 1.54) is 93.9 Å². The molecule has 44 heavy (non-hydrogen) atoms. The summed E-state index contributed by atoms with van der Waals surface area (Å²) < 4.78 is 2.50. The van der Waals surface area contributed by atoms with Gasteiger partial charge in [0, 0.05) is 21.9 Å². The number of nitrogens with zero attached hydrogens (tertiary/aromatic N) is 1. The lowest BCUT2D eigenvalue weighted by Crippen LogP contribution is -2.16. The summed E-state index contributed by atoms with van der Waals surface area (Å²) in [7, 11) is 0. The topological polar surface area (TPSA) is 4.93 Å². The molecule has 2 aliphatic rings. The second-order valence-electron chi connectivity index (χ2n) is 12.9. The Morgan fingerprint density at radius 1 is 0.477 bits per heavy atom. The van der Waals surface area contributed by atoms with Crippen LogP contribution in [0.25, 0.3) is 82.8 Å². The number of rotatable bonds is 2. The molecule has 0 radical (unpaired) electrons. The van der Waals surface area contributed by atoms with Crippen molar-refractivity contribution in [1.29, 1.82) is 0 Å². The van der Waals surface area contributed by atoms with Crippen molar-refractivity contribution in [2.75, 3.05) is 0 Å². The Balaban J connectivity index is 1.15. The maximum absolute atomic E-state index is 2.50. The highest BCUT2D eigenvalue weighted by Gasteiger charge is 2.38. The molecule has 1 aromatic heterocycles. The number of para-hydroxylation sites is 1. The van der Waals surface area contributed by atoms with Gasteiger partial charge in [-0.1, -0.05) is 129 Å². The minimum absolute atomic E-state index is 0.0949. The Labute approximate surface area is 256 Å². The molecule has 8 aromatic rings. The molecule has 1 heteroatoms. The molecule has 0 bridgehead atoms. The number of hydrogen-bond acceptors (Lipinski definition) is 0. The summed E-state index contributed by atoms with van der Waals surface area (Å²) in [6.45, 7) is 4.77. The zero-order valence-electron chi connectivity index (χ0n) is 24.7. The molecule has 0 spiro atoms. The monoisotopic (exact) mass is 559 g/mol. The summed E-state index contributed by atoms with van der Waals surface area (Å²) in [5.41, 5.74) is 17.0. The molecule has 0 fully saturated rings. The third-order valence-corrected chi connectivity index (χ3v) is 10.3. The van der Waals surface area contributed by atoms with Gasteiger partial charge in [0.2, 0.25) is 0 Å². The van der Waals surface area contributed by atoms with Gasteiger partial charge in [-0.05, 0) is 90.7 Å². The summed E-state index contributed by atoms with van der Waals surface area (Å²) in [6.07, 6.45) is 0. The van der Waals surface area contributed by atoms with Gasteiger partial charge in [-0.25, -0.2) is 0 Å². The van der Waals surface area contributed by atoms with Crippen molar-refractivity contribution in [2.45, 2.75) is 19.3 Å². The van der Waals surface area contributed by atoms with Gasteiger partial charge >= 0.3 is 0 Å². The lowest BCUT2D eigenvalue weighted by molar-refractivity contribution is 0.664. The highest BCUT2D eigenvalue weighted by Crippen LogP contribution is 2.53. The van der Waals surface area contributed by atoms with Gasteiger partial charge in [0.1, 0.15) is 0 Å². The van der Waals surface area contributed by atoms with Crippen LogP contribution >= 0.6 is 0 Å². The van der Waals surface area contributed by atoms with Gasteiger partial charge < -0.3 is 4.57 Å². The van der Waals surface area contributed by atoms with E-state index in [9.17, 15) is 0 Å². The van der Waals surface area contributed by atoms with Crippen molar-refractivity contribution in [2.24, 2.45) is 0 Å². The average Bonchev–Trinajstić information content (AvgIpc) is 3.66. The highest BCUT2D eigenvalue weighted by atomic mass is 15.0. The van der Waals surface area contributed by atoms with Crippen LogP contribution in [0, 0.1) is 0 Å². The fourth-order valence-corrected chi connectivity index (χ4v) is 8.35. The molecule has 0 saturated carbocycles. The second kappa shape index (κ2) is 8.36. The predicted molar refractivity (Wildman–Crippen MR) is 186 cm³/mol. The zero-order valence-corrected chi connectivity index (χ0v) is 24.7. The molecule has 0 N–H and O–H groups in total. The minimum Gasteiger partial charge on any atom is -0.309 e. The average molecular weight is 560 g/mol. The fraction of sp³-hybridized carbons (Fsp3) is 0.0698. The van der Waals surface area contributed by atoms with Crippen LogP contribution in [0.2, 0.25) is 0 Å². The first-order valence-electron chi connectivity index (χ1n) is 15.5. The van der Waals surface area contributed by atoms with Gasteiger partial charge in [-0.3, -0.25) is 0 Å². The van der Waals surface area contributed by atoms with E-state index in [1.54, 1.807) is 0 Å². The van der Waals surface area contributed by atoms with Crippen molar-refractivity contribution in [3.8, 4) is 50.2 Å². The van der Waals surface area contributed by atoms with E-state index in [-0.39, 0.29) is 5.41 Å². The first-order chi connectivity index (χ1) is 21.6. The molecule has 0 unspecified atom stereocenters. The van der Waals surface area contributed by atoms with Crippen LogP contribution in [0.1, 0.15) is 25.0 Å². The molecular formula is C43H29N. The third kappa shape index (κ3) is 2.99. The van der Waals surface area contributed by atoms with E-state index in [2.05, 4.69) is 158 Å². The van der Waals surface area contributed by atoms with Gasteiger partial charge in [0.25, 0.3) is 0 Å². The first kappa shape index (κ1) is 24.1. The smallest absolute Gasteiger partial charge is 0.0588 e. The number of hydrogen-bond donors (Lipinski definition) is 0. The van der Waals surface area contributed by atoms with Crippen molar-refractivity contribution < 1.29 is 0 Å². The van der Waals surface area contributed by atoms with E-state index in [0.29, 0.717) is 0 Å². The van der Waals surface area contributed by atoms with Crippen LogP contribution in [0.5, 0.6) is 0 Å². The Bertz CT molecular complexity index is 2500. The van der Waals surface area contributed by atoms with E-state index in [0.717, 1.165) is 0 Å². The maximum Gasteiger partial charge on any atom is 0.0588 e. The summed E-state index contributed by atoms with van der Waals surface area (Å²) in [5.74, 6) is 0. The predicted octanol–water partition coefficient (Wildman–Crippen LogP) is 11.6. The third-order valence-electron chi connectivity index (χ3n) is 10.3. The number of aromatic nitrogens is 1. The minimum atomic E-state index is -0.0949. The Hall–Kier alpha value is -5.40. The van der Waals surface area contributed by atoms with Gasteiger partial charge in [-0.2, -0.15) is 0 Å². The largest absolute Gasteiger partial charge is 0.309 e. The molecule has 0 atom stereocenters. The fourth-order valence-electron chi connectivity index (χ4n) is 8.35. The summed E-state index contributed by atoms with van der Waals surface area (Å²) in [5, 5.41) is 5.30. The van der Waals surface area contributed by atoms with Gasteiger partial charge in [0.15, 0.2) is 0 Å². The van der Waals surface area contributed by atoms with Crippen LogP contribution in [-0.4, -0.2) is 4.57 Å². The van der Waals surface area contributed by atoms with E-state index < -0.39 is 0 Å². The molecule has 206 valence electrons. The van der Waals surface area contributed by atoms with E-state index >= 15 is 0 Å². The number of benzene rings is 7. The quantitative estimate of drug-likeness (QED) is 0.198. The maximum atomic E-state index is 2.50. The summed E-state index contributed by atoms with van der Waals surface area (Å²) >= 11 is 0. The molecule has 2 aliphatic carbocycles. The summed E-state index contributed by atoms with van der Waals surface area (Å²) in [4.78, 5) is 0. The normalized spacial score (nSPS) is 13.9. The van der Waals surface area contributed by atoms with Crippen LogP contribution in [0.4, 0.5) is 0 Å². The summed E-state index contributed by atoms with van der Waals surface area (Å²) in [6, 6.07) is 52.0. The Morgan fingerprint density at radius 3 is 2.00 bits per heavy atom. The van der Waals surface area contributed by atoms with Crippen LogP contribution < -0.4 is 0 Å². The SMILES string of the molecule is CC1(C)c2ccccc2-c2ccc3c4ccccc4n(-c4ccc(-c5ccc6c(c5)-c5cccc7cccc-6c57)cc4)c3c21. The number of fused-ring (bicyclic) bond motifs is 10. The molecule has 1 nitrogen and oxygen atoms in total. The molecule has 10 rings (SSSR count). The molecule has 1 heterocycles. The van der Waals surface area contributed by atoms with Gasteiger partial charge in [-0.15, -0.1) is 0 Å². The highest BCUT2D eigenvalue weighted by molar-refractivity contribution is 6.16. The van der Waals surface area contributed by atoms with Crippen molar-refractivity contribution in [1.82, 2.24) is 4.57 Å². The molecule has 0 saturated heterocycles. The van der Waals surface area contributed by atoms with Crippen molar-refractivity contribution >= 4 is 32.6 Å². The van der Waals surface area contributed by atoms with Crippen LogP contribution in [-0.2, 0) is 5.41 Å². The van der Waals surface area contributed by atoms with Crippen LogP contribution in [0.15, 0.2) is 140 Å². The zero-order chi connectivity index (χ0) is 29.2. The van der Waals surface area contributed by atoms with E-state index in [4.69, 9.17) is 0 Å². The Morgan fingerprint density at radius 2 is 1.16 bits per heavy atom. The standard InChI is InChI=1S/C43H29N/c1-43(2)38-15-5-3-11-31(38)35-23-24-36-32-12-4-6-16-39(32)44(42(36)41(35)43)29-20-17-26(18-21-29)28-19-22-30-33-13-7-9-27-10-8-14-34(40(27)33)37(30)25-28/h3-25H,1-2H3. The second-order valence-corrected chi connectivity index (χ2v) is 12.9. The molecule has 7 aromatic carbocycles. The van der Waals surface area contributed by atoms with Crippen LogP contribution in [0.3, 0.4) is 0 Å². The molecular weight excluding hydrogens is 530 g/mol. The molecule has 0 aliphatic heterocycles. The lowest BCUT2D eigenvalue weighted by atomic mass is 9.81. The lowest BCUT2D eigenvalue weighted by Gasteiger charge is -2.23. The van der Waals surface area contributed by atoms with Crippen molar-refractivity contribution in [3.63, 3.8) is 0 Å². The Kier molecular flexibility index (Phi) is 4.58. The molecule has 0 amide bonds. The van der Waals surface area contributed by atoms with Crippen molar-refractivity contribution in [3.05, 3.63) is 151 Å². The van der Waals surface area contributed by atoms with E-state index in [1.807, 2.05) is 0 Å². The van der Waals surface area contributed by atoms with Gasteiger partial charge in [0.05, 0.1) is 11.0 Å². The first-order valence-corrected chi connectivity index (χ1v) is 15.5.